The molecular formula is C16H13ClF6N2O3. The average molecular weight is 431 g/mol. The average Bonchev–Trinajstić information content (AvgIpc) is 2.53. The molecule has 0 amide bonds. The molecule has 0 unspecified atom stereocenters. The molecule has 154 valence electrons. The van der Waals surface area contributed by atoms with E-state index in [2.05, 4.69) is 0 Å². The molecule has 28 heavy (non-hydrogen) atoms. The highest BCUT2D eigenvalue weighted by molar-refractivity contribution is 6.32. The number of hydrogen-bond donors (Lipinski definition) is 0. The molecule has 0 aliphatic rings. The highest BCUT2D eigenvalue weighted by Crippen LogP contribution is 2.42. The van der Waals surface area contributed by atoms with Crippen molar-refractivity contribution in [1.29, 1.82) is 0 Å². The molecule has 0 spiro atoms. The summed E-state index contributed by atoms with van der Waals surface area (Å²) in [6, 6.07) is 1.52. The Morgan fingerprint density at radius 2 is 1.64 bits per heavy atom. The number of halogens is 7. The van der Waals surface area contributed by atoms with Gasteiger partial charge in [-0.25, -0.2) is 13.8 Å². The second-order valence-electron chi connectivity index (χ2n) is 6.02. The number of benzene rings is 1. The summed E-state index contributed by atoms with van der Waals surface area (Å²) in [5.41, 5.74) is -5.78. The summed E-state index contributed by atoms with van der Waals surface area (Å²) in [7, 11) is 0.604. The molecule has 5 nitrogen and oxygen atoms in total. The fourth-order valence-corrected chi connectivity index (χ4v) is 2.52. The first kappa shape index (κ1) is 21.9. The molecule has 0 aliphatic carbocycles. The maximum atomic E-state index is 14.3. The van der Waals surface area contributed by atoms with Crippen molar-refractivity contribution in [3.05, 3.63) is 55.6 Å². The van der Waals surface area contributed by atoms with Gasteiger partial charge in [0, 0.05) is 19.2 Å². The Morgan fingerprint density at radius 1 is 1.07 bits per heavy atom. The quantitative estimate of drug-likeness (QED) is 0.694. The molecule has 1 aromatic heterocycles. The van der Waals surface area contributed by atoms with Crippen LogP contribution in [-0.2, 0) is 13.0 Å². The molecule has 2 aromatic rings. The van der Waals surface area contributed by atoms with Crippen molar-refractivity contribution < 1.29 is 31.1 Å². The van der Waals surface area contributed by atoms with Crippen molar-refractivity contribution in [2.75, 3.05) is 0 Å². The summed E-state index contributed by atoms with van der Waals surface area (Å²) in [6.45, 7) is 3.22. The van der Waals surface area contributed by atoms with Gasteiger partial charge in [0.05, 0.1) is 16.8 Å². The van der Waals surface area contributed by atoms with Crippen LogP contribution < -0.4 is 16.0 Å². The van der Waals surface area contributed by atoms with Crippen molar-refractivity contribution in [3.63, 3.8) is 0 Å². The fraction of sp³-hybridized carbons (Fsp3) is 0.375. The normalized spacial score (nSPS) is 12.5. The zero-order chi connectivity index (χ0) is 21.6. The summed E-state index contributed by atoms with van der Waals surface area (Å²) < 4.78 is 84.7. The fourth-order valence-electron chi connectivity index (χ4n) is 2.33. The highest BCUT2D eigenvalue weighted by atomic mass is 35.5. The van der Waals surface area contributed by atoms with Gasteiger partial charge in [0.1, 0.15) is 17.3 Å². The Bertz CT molecular complexity index is 1030. The smallest absolute Gasteiger partial charge is 0.459 e. The van der Waals surface area contributed by atoms with E-state index in [1.54, 1.807) is 13.8 Å². The second kappa shape index (κ2) is 7.19. The lowest BCUT2D eigenvalue weighted by Gasteiger charge is -2.22. The molecule has 0 saturated heterocycles. The highest BCUT2D eigenvalue weighted by Gasteiger charge is 2.60. The third-order valence-corrected chi connectivity index (χ3v) is 3.90. The van der Waals surface area contributed by atoms with Crippen molar-refractivity contribution in [3.8, 4) is 11.4 Å². The predicted octanol–water partition coefficient (Wildman–Crippen LogP) is 3.77. The molecule has 0 bridgehead atoms. The number of alkyl halides is 5. The molecule has 1 heterocycles. The van der Waals surface area contributed by atoms with Gasteiger partial charge < -0.3 is 4.74 Å². The predicted molar refractivity (Wildman–Crippen MR) is 88.0 cm³/mol. The standard InChI is InChI=1S/C16H13ClF6N2O3/c1-7(2)28-11-5-10(9(18)4-8(11)17)25-13(26)6-12(24(3)14(25)27)15(19,20)16(21,22)23/h4-7H,1-3H3. The van der Waals surface area contributed by atoms with Gasteiger partial charge in [-0.15, -0.1) is 0 Å². The van der Waals surface area contributed by atoms with Crippen LogP contribution in [0.5, 0.6) is 5.75 Å². The van der Waals surface area contributed by atoms with Crippen LogP contribution in [0.1, 0.15) is 19.5 Å². The van der Waals surface area contributed by atoms with Crippen molar-refractivity contribution in [1.82, 2.24) is 9.13 Å². The lowest BCUT2D eigenvalue weighted by Crippen LogP contribution is -2.45. The van der Waals surface area contributed by atoms with Crippen LogP contribution in [0.2, 0.25) is 5.02 Å². The monoisotopic (exact) mass is 430 g/mol. The lowest BCUT2D eigenvalue weighted by molar-refractivity contribution is -0.292. The van der Waals surface area contributed by atoms with Crippen molar-refractivity contribution >= 4 is 11.6 Å². The second-order valence-corrected chi connectivity index (χ2v) is 6.42. The zero-order valence-corrected chi connectivity index (χ0v) is 15.3. The van der Waals surface area contributed by atoms with E-state index in [4.69, 9.17) is 16.3 Å². The van der Waals surface area contributed by atoms with Crippen LogP contribution in [-0.4, -0.2) is 21.4 Å². The summed E-state index contributed by atoms with van der Waals surface area (Å²) in [5, 5.41) is -0.194. The molecule has 0 radical (unpaired) electrons. The number of aromatic nitrogens is 2. The van der Waals surface area contributed by atoms with Crippen LogP contribution in [0.4, 0.5) is 26.3 Å². The van der Waals surface area contributed by atoms with Crippen LogP contribution >= 0.6 is 11.6 Å². The SMILES string of the molecule is CC(C)Oc1cc(-n2c(=O)cc(C(F)(F)C(F)(F)F)n(C)c2=O)c(F)cc1Cl. The Morgan fingerprint density at radius 3 is 2.14 bits per heavy atom. The van der Waals surface area contributed by atoms with E-state index in [1.165, 1.54) is 0 Å². The molecule has 0 fully saturated rings. The third kappa shape index (κ3) is 3.75. The van der Waals surface area contributed by atoms with Gasteiger partial charge in [0.25, 0.3) is 5.56 Å². The topological polar surface area (TPSA) is 53.2 Å². The Hall–Kier alpha value is -2.43. The molecule has 1 aromatic carbocycles. The van der Waals surface area contributed by atoms with E-state index < -0.39 is 46.7 Å². The zero-order valence-electron chi connectivity index (χ0n) is 14.6. The maximum Gasteiger partial charge on any atom is 0.459 e. The van der Waals surface area contributed by atoms with E-state index in [0.29, 0.717) is 7.05 Å². The molecule has 0 saturated carbocycles. The van der Waals surface area contributed by atoms with E-state index in [0.717, 1.165) is 12.1 Å². The van der Waals surface area contributed by atoms with Gasteiger partial charge in [-0.05, 0) is 19.9 Å². The molecule has 0 N–H and O–H groups in total. The minimum Gasteiger partial charge on any atom is -0.489 e. The van der Waals surface area contributed by atoms with Crippen molar-refractivity contribution in [2.45, 2.75) is 32.1 Å². The molecule has 12 heteroatoms. The molecule has 0 aliphatic heterocycles. The van der Waals surface area contributed by atoms with Gasteiger partial charge in [-0.2, -0.15) is 22.0 Å². The first-order valence-corrected chi connectivity index (χ1v) is 8.00. The third-order valence-electron chi connectivity index (χ3n) is 3.60. The number of hydrogen-bond acceptors (Lipinski definition) is 3. The first-order valence-electron chi connectivity index (χ1n) is 7.62. The Labute approximate surface area is 158 Å². The van der Waals surface area contributed by atoms with Gasteiger partial charge in [-0.3, -0.25) is 9.36 Å². The maximum absolute atomic E-state index is 14.3. The van der Waals surface area contributed by atoms with Gasteiger partial charge in [-0.1, -0.05) is 11.6 Å². The van der Waals surface area contributed by atoms with Crippen LogP contribution in [0, 0.1) is 5.82 Å². The van der Waals surface area contributed by atoms with Gasteiger partial charge in [0.2, 0.25) is 0 Å². The van der Waals surface area contributed by atoms with Gasteiger partial charge >= 0.3 is 17.8 Å². The minimum absolute atomic E-state index is 0.0775. The first-order chi connectivity index (χ1) is 12.7. The van der Waals surface area contributed by atoms with E-state index in [1.807, 2.05) is 0 Å². The van der Waals surface area contributed by atoms with Crippen LogP contribution in [0.3, 0.4) is 0 Å². The Kier molecular flexibility index (Phi) is 5.61. The number of ether oxygens (including phenoxy) is 1. The van der Waals surface area contributed by atoms with E-state index >= 15 is 0 Å². The molecule has 2 rings (SSSR count). The van der Waals surface area contributed by atoms with E-state index in [9.17, 15) is 35.9 Å². The summed E-state index contributed by atoms with van der Waals surface area (Å²) >= 11 is 5.82. The molecular weight excluding hydrogens is 418 g/mol. The summed E-state index contributed by atoms with van der Waals surface area (Å²) in [5.74, 6) is -6.77. The number of rotatable bonds is 4. The molecule has 0 atom stereocenters. The largest absolute Gasteiger partial charge is 0.489 e. The lowest BCUT2D eigenvalue weighted by atomic mass is 10.2. The number of nitrogens with zero attached hydrogens (tertiary/aromatic N) is 2. The Balaban J connectivity index is 2.79. The minimum atomic E-state index is -6.04. The van der Waals surface area contributed by atoms with Crippen molar-refractivity contribution in [2.24, 2.45) is 7.05 Å². The summed E-state index contributed by atoms with van der Waals surface area (Å²) in [4.78, 5) is 24.5. The summed E-state index contributed by atoms with van der Waals surface area (Å²) in [6.07, 6.45) is -6.47. The van der Waals surface area contributed by atoms with E-state index in [-0.39, 0.29) is 26.0 Å². The van der Waals surface area contributed by atoms with Crippen LogP contribution in [0.15, 0.2) is 27.8 Å². The van der Waals surface area contributed by atoms with Crippen LogP contribution in [0.25, 0.3) is 5.69 Å². The van der Waals surface area contributed by atoms with Gasteiger partial charge in [0.15, 0.2) is 0 Å².